The summed E-state index contributed by atoms with van der Waals surface area (Å²) in [6.45, 7) is 5.83. The van der Waals surface area contributed by atoms with Gasteiger partial charge >= 0.3 is 0 Å². The molecule has 0 atom stereocenters. The van der Waals surface area contributed by atoms with Gasteiger partial charge in [-0.2, -0.15) is 0 Å². The molecule has 1 aliphatic rings. The van der Waals surface area contributed by atoms with Crippen molar-refractivity contribution in [3.8, 4) is 0 Å². The van der Waals surface area contributed by atoms with Gasteiger partial charge < -0.3 is 14.6 Å². The van der Waals surface area contributed by atoms with E-state index in [-0.39, 0.29) is 5.91 Å². The van der Waals surface area contributed by atoms with Gasteiger partial charge in [0.1, 0.15) is 10.6 Å². The average molecular weight is 461 g/mol. The van der Waals surface area contributed by atoms with Crippen molar-refractivity contribution in [3.63, 3.8) is 0 Å². The van der Waals surface area contributed by atoms with E-state index >= 15 is 0 Å². The van der Waals surface area contributed by atoms with Crippen LogP contribution in [0.2, 0.25) is 0 Å². The molecule has 1 amide bonds. The number of hydrogen-bond acceptors (Lipinski definition) is 6. The van der Waals surface area contributed by atoms with Gasteiger partial charge in [-0.3, -0.25) is 9.69 Å². The van der Waals surface area contributed by atoms with E-state index in [9.17, 15) is 4.79 Å². The lowest BCUT2D eigenvalue weighted by molar-refractivity contribution is 0.0628. The van der Waals surface area contributed by atoms with Crippen LogP contribution in [0.25, 0.3) is 11.0 Å². The van der Waals surface area contributed by atoms with E-state index in [1.54, 1.807) is 11.3 Å². The third-order valence-corrected chi connectivity index (χ3v) is 6.92. The summed E-state index contributed by atoms with van der Waals surface area (Å²) in [5.74, 6) is 0.102. The second kappa shape index (κ2) is 10.3. The number of benzene rings is 2. The molecule has 3 heterocycles. The van der Waals surface area contributed by atoms with Crippen LogP contribution in [0.5, 0.6) is 0 Å². The minimum absolute atomic E-state index is 0.102. The fourth-order valence-corrected chi connectivity index (χ4v) is 4.89. The van der Waals surface area contributed by atoms with Crippen molar-refractivity contribution in [1.29, 1.82) is 0 Å². The van der Waals surface area contributed by atoms with E-state index in [0.717, 1.165) is 79.3 Å². The molecule has 1 N–H and O–H groups in total. The summed E-state index contributed by atoms with van der Waals surface area (Å²) in [6, 6.07) is 16.3. The number of carbonyl (C=O) groups is 1. The van der Waals surface area contributed by atoms with Gasteiger partial charge in [0.15, 0.2) is 0 Å². The molecule has 0 unspecified atom stereocenters. The lowest BCUT2D eigenvalue weighted by Gasteiger charge is -2.34. The highest BCUT2D eigenvalue weighted by atomic mass is 32.1. The molecule has 4 aromatic rings. The van der Waals surface area contributed by atoms with Crippen LogP contribution in [0.4, 0.5) is 0 Å². The van der Waals surface area contributed by atoms with Gasteiger partial charge in [0.2, 0.25) is 0 Å². The number of hydrogen-bond donors (Lipinski definition) is 1. The van der Waals surface area contributed by atoms with E-state index in [4.69, 9.17) is 4.42 Å². The first kappa shape index (κ1) is 21.8. The highest BCUT2D eigenvalue weighted by Crippen LogP contribution is 2.24. The fourth-order valence-electron chi connectivity index (χ4n) is 4.30. The number of nitrogens with zero attached hydrogens (tertiary/aromatic N) is 3. The number of furan rings is 1. The minimum Gasteiger partial charge on any atom is -0.464 e. The number of amides is 1. The van der Waals surface area contributed by atoms with Crippen LogP contribution in [0.15, 0.2) is 70.8 Å². The van der Waals surface area contributed by atoms with Gasteiger partial charge in [-0.1, -0.05) is 30.3 Å². The maximum Gasteiger partial charge on any atom is 0.253 e. The molecule has 170 valence electrons. The number of rotatable bonds is 8. The molecular formula is C26H28N4O2S. The lowest BCUT2D eigenvalue weighted by atomic mass is 10.1. The van der Waals surface area contributed by atoms with Crippen molar-refractivity contribution in [1.82, 2.24) is 20.1 Å². The van der Waals surface area contributed by atoms with Crippen LogP contribution >= 0.6 is 11.3 Å². The Morgan fingerprint density at radius 3 is 2.73 bits per heavy atom. The summed E-state index contributed by atoms with van der Waals surface area (Å²) >= 11 is 1.66. The van der Waals surface area contributed by atoms with Gasteiger partial charge in [-0.15, -0.1) is 11.3 Å². The topological polar surface area (TPSA) is 61.6 Å². The Morgan fingerprint density at radius 2 is 1.94 bits per heavy atom. The van der Waals surface area contributed by atoms with E-state index in [0.29, 0.717) is 0 Å². The summed E-state index contributed by atoms with van der Waals surface area (Å²) in [4.78, 5) is 21.9. The zero-order valence-corrected chi connectivity index (χ0v) is 19.4. The van der Waals surface area contributed by atoms with Crippen molar-refractivity contribution < 1.29 is 9.21 Å². The molecule has 1 aliphatic heterocycles. The van der Waals surface area contributed by atoms with Crippen molar-refractivity contribution in [2.45, 2.75) is 19.5 Å². The molecule has 0 saturated carbocycles. The highest BCUT2D eigenvalue weighted by Gasteiger charge is 2.23. The Labute approximate surface area is 197 Å². The smallest absolute Gasteiger partial charge is 0.253 e. The van der Waals surface area contributed by atoms with Gasteiger partial charge in [0.25, 0.3) is 5.91 Å². The van der Waals surface area contributed by atoms with Crippen LogP contribution in [-0.4, -0.2) is 53.4 Å². The third-order valence-electron chi connectivity index (χ3n) is 6.14. The largest absolute Gasteiger partial charge is 0.464 e. The van der Waals surface area contributed by atoms with E-state index in [1.165, 1.54) is 5.56 Å². The Bertz CT molecular complexity index is 1180. The van der Waals surface area contributed by atoms with Gasteiger partial charge in [-0.05, 0) is 42.3 Å². The van der Waals surface area contributed by atoms with Crippen molar-refractivity contribution >= 4 is 28.2 Å². The van der Waals surface area contributed by atoms with Gasteiger partial charge in [0, 0.05) is 61.8 Å². The summed E-state index contributed by atoms with van der Waals surface area (Å²) in [6.07, 6.45) is 4.48. The number of thiazole rings is 1. The molecule has 0 radical (unpaired) electrons. The predicted octanol–water partition coefficient (Wildman–Crippen LogP) is 4.18. The first-order valence-electron chi connectivity index (χ1n) is 11.4. The van der Waals surface area contributed by atoms with E-state index < -0.39 is 0 Å². The number of piperazine rings is 1. The fraction of sp³-hybridized carbons (Fsp3) is 0.308. The standard InChI is InChI=1S/C26H28N4O2S/c31-26(30-13-11-29(12-14-30)18-20-4-2-1-3-5-20)21-6-7-24-23(16-21)22(19-32-24)8-9-27-17-25-28-10-15-33-25/h1-7,10,15-16,19,27H,8-9,11-14,17-18H2. The molecule has 33 heavy (non-hydrogen) atoms. The molecule has 2 aromatic carbocycles. The Balaban J connectivity index is 1.18. The molecule has 7 heteroatoms. The van der Waals surface area contributed by atoms with E-state index in [1.807, 2.05) is 47.0 Å². The highest BCUT2D eigenvalue weighted by molar-refractivity contribution is 7.09. The Morgan fingerprint density at radius 1 is 1.09 bits per heavy atom. The van der Waals surface area contributed by atoms with Crippen LogP contribution in [-0.2, 0) is 19.5 Å². The average Bonchev–Trinajstić information content (AvgIpc) is 3.52. The summed E-state index contributed by atoms with van der Waals surface area (Å²) in [7, 11) is 0. The molecule has 5 rings (SSSR count). The number of fused-ring (bicyclic) bond motifs is 1. The number of nitrogens with one attached hydrogen (secondary N) is 1. The predicted molar refractivity (Wildman–Crippen MR) is 131 cm³/mol. The van der Waals surface area contributed by atoms with Crippen LogP contribution in [0, 0.1) is 0 Å². The zero-order valence-electron chi connectivity index (χ0n) is 18.6. The van der Waals surface area contributed by atoms with Crippen molar-refractivity contribution in [3.05, 3.63) is 88.1 Å². The van der Waals surface area contributed by atoms with Gasteiger partial charge in [0.05, 0.1) is 6.26 Å². The first-order valence-corrected chi connectivity index (χ1v) is 12.3. The van der Waals surface area contributed by atoms with Gasteiger partial charge in [-0.25, -0.2) is 4.98 Å². The molecular weight excluding hydrogens is 432 g/mol. The van der Waals surface area contributed by atoms with Crippen LogP contribution in [0.3, 0.4) is 0 Å². The third kappa shape index (κ3) is 5.33. The lowest BCUT2D eigenvalue weighted by Crippen LogP contribution is -2.48. The zero-order chi connectivity index (χ0) is 22.5. The van der Waals surface area contributed by atoms with Crippen molar-refractivity contribution in [2.75, 3.05) is 32.7 Å². The second-order valence-electron chi connectivity index (χ2n) is 8.38. The molecule has 6 nitrogen and oxygen atoms in total. The normalized spacial score (nSPS) is 14.7. The maximum absolute atomic E-state index is 13.2. The van der Waals surface area contributed by atoms with Crippen LogP contribution in [0.1, 0.15) is 26.5 Å². The van der Waals surface area contributed by atoms with E-state index in [2.05, 4.69) is 39.5 Å². The monoisotopic (exact) mass is 460 g/mol. The molecule has 1 saturated heterocycles. The second-order valence-corrected chi connectivity index (χ2v) is 9.36. The molecule has 2 aromatic heterocycles. The molecule has 0 bridgehead atoms. The Hall–Kier alpha value is -3.00. The molecule has 1 fully saturated rings. The molecule has 0 spiro atoms. The number of carbonyl (C=O) groups excluding carboxylic acids is 1. The Kier molecular flexibility index (Phi) is 6.81. The summed E-state index contributed by atoms with van der Waals surface area (Å²) in [5.41, 5.74) is 4.00. The number of aromatic nitrogens is 1. The molecule has 0 aliphatic carbocycles. The first-order chi connectivity index (χ1) is 16.3. The quantitative estimate of drug-likeness (QED) is 0.400. The SMILES string of the molecule is O=C(c1ccc2occ(CCNCc3nccs3)c2c1)N1CCN(Cc2ccccc2)CC1. The summed E-state index contributed by atoms with van der Waals surface area (Å²) < 4.78 is 5.73. The van der Waals surface area contributed by atoms with Crippen LogP contribution < -0.4 is 5.32 Å². The van der Waals surface area contributed by atoms with Crippen molar-refractivity contribution in [2.24, 2.45) is 0 Å². The summed E-state index contributed by atoms with van der Waals surface area (Å²) in [5, 5.41) is 7.53. The maximum atomic E-state index is 13.2. The minimum atomic E-state index is 0.102.